The molecule has 1 radical (unpaired) electrons. The minimum Gasteiger partial charge on any atom is -0.393 e. The van der Waals surface area contributed by atoms with Crippen LogP contribution in [-0.2, 0) is 20.1 Å². The van der Waals surface area contributed by atoms with E-state index in [9.17, 15) is 0 Å². The van der Waals surface area contributed by atoms with Crippen LogP contribution in [0.1, 0.15) is 20.3 Å². The zero-order chi connectivity index (χ0) is 27.5. The Morgan fingerprint density at radius 1 is 0.575 bits per heavy atom. The van der Waals surface area contributed by atoms with Crippen LogP contribution in [0.3, 0.4) is 0 Å². The summed E-state index contributed by atoms with van der Waals surface area (Å²) in [5, 5.41) is 21.9. The number of benzene rings is 4. The van der Waals surface area contributed by atoms with E-state index >= 15 is 0 Å². The van der Waals surface area contributed by atoms with Crippen molar-refractivity contribution in [3.8, 4) is 22.5 Å². The van der Waals surface area contributed by atoms with Gasteiger partial charge < -0.3 is 20.2 Å². The zero-order valence-corrected chi connectivity index (χ0v) is 24.9. The Kier molecular flexibility index (Phi) is 12.1. The molecular formula is C35H32IrN2O2-2. The third-order valence-electron chi connectivity index (χ3n) is 5.96. The van der Waals surface area contributed by atoms with Gasteiger partial charge in [0.05, 0.1) is 12.2 Å². The maximum atomic E-state index is 8.56. The van der Waals surface area contributed by atoms with E-state index in [1.165, 1.54) is 21.5 Å². The summed E-state index contributed by atoms with van der Waals surface area (Å²) in [5.74, 6) is 0. The minimum atomic E-state index is -0.375. The van der Waals surface area contributed by atoms with Gasteiger partial charge in [-0.1, -0.05) is 48.5 Å². The molecule has 0 saturated heterocycles. The fourth-order valence-corrected chi connectivity index (χ4v) is 4.24. The summed E-state index contributed by atoms with van der Waals surface area (Å²) < 4.78 is 0. The van der Waals surface area contributed by atoms with Crippen molar-refractivity contribution in [1.82, 2.24) is 9.97 Å². The van der Waals surface area contributed by atoms with E-state index in [4.69, 9.17) is 10.2 Å². The predicted octanol–water partition coefficient (Wildman–Crippen LogP) is 7.54. The number of aliphatic hydroxyl groups excluding tert-OH is 2. The van der Waals surface area contributed by atoms with Crippen LogP contribution in [-0.4, -0.2) is 32.4 Å². The first kappa shape index (κ1) is 30.8. The molecule has 2 unspecified atom stereocenters. The fourth-order valence-electron chi connectivity index (χ4n) is 4.24. The third kappa shape index (κ3) is 8.64. The van der Waals surface area contributed by atoms with E-state index in [-0.39, 0.29) is 32.3 Å². The smallest absolute Gasteiger partial charge is 0.0536 e. The summed E-state index contributed by atoms with van der Waals surface area (Å²) >= 11 is 0. The van der Waals surface area contributed by atoms with Gasteiger partial charge >= 0.3 is 0 Å². The fraction of sp³-hybridized carbons (Fsp3) is 0.143. The van der Waals surface area contributed by atoms with Gasteiger partial charge in [-0.15, -0.1) is 71.8 Å². The zero-order valence-electron chi connectivity index (χ0n) is 22.5. The Morgan fingerprint density at radius 3 is 1.32 bits per heavy atom. The number of hydrogen-bond donors (Lipinski definition) is 2. The molecule has 0 fully saturated rings. The number of pyridine rings is 2. The molecule has 2 aromatic heterocycles. The van der Waals surface area contributed by atoms with Gasteiger partial charge in [0.2, 0.25) is 0 Å². The first-order chi connectivity index (χ1) is 19.0. The van der Waals surface area contributed by atoms with Gasteiger partial charge in [-0.2, -0.15) is 0 Å². The van der Waals surface area contributed by atoms with Gasteiger partial charge in [-0.3, -0.25) is 0 Å². The number of aliphatic hydroxyl groups is 2. The quantitative estimate of drug-likeness (QED) is 0.186. The predicted molar refractivity (Wildman–Crippen MR) is 160 cm³/mol. The van der Waals surface area contributed by atoms with E-state index in [1.54, 1.807) is 13.8 Å². The van der Waals surface area contributed by atoms with E-state index in [1.807, 2.05) is 97.3 Å². The van der Waals surface area contributed by atoms with Gasteiger partial charge in [0.1, 0.15) is 0 Å². The monoisotopic (exact) mass is 705 g/mol. The molecule has 205 valence electrons. The summed E-state index contributed by atoms with van der Waals surface area (Å²) in [6.07, 6.45) is 3.41. The summed E-state index contributed by atoms with van der Waals surface area (Å²) in [4.78, 5) is 8.89. The summed E-state index contributed by atoms with van der Waals surface area (Å²) in [7, 11) is 0. The molecule has 2 atom stereocenters. The van der Waals surface area contributed by atoms with Gasteiger partial charge in [0, 0.05) is 32.5 Å². The largest absolute Gasteiger partial charge is 0.393 e. The van der Waals surface area contributed by atoms with Gasteiger partial charge in [0.25, 0.3) is 0 Å². The molecular weight excluding hydrogens is 673 g/mol. The molecule has 2 N–H and O–H groups in total. The molecule has 0 aliphatic carbocycles. The molecule has 0 saturated carbocycles. The van der Waals surface area contributed by atoms with Crippen molar-refractivity contribution < 1.29 is 30.3 Å². The number of nitrogens with zero attached hydrogens (tertiary/aromatic N) is 2. The number of hydrogen-bond acceptors (Lipinski definition) is 4. The molecule has 0 amide bonds. The van der Waals surface area contributed by atoms with E-state index in [0.29, 0.717) is 6.42 Å². The van der Waals surface area contributed by atoms with Crippen LogP contribution in [0.4, 0.5) is 0 Å². The van der Waals surface area contributed by atoms with Gasteiger partial charge in [-0.05, 0) is 65.3 Å². The van der Waals surface area contributed by atoms with Crippen molar-refractivity contribution in [2.45, 2.75) is 32.5 Å². The SMILES string of the molecule is CC(O)CC(C)O.[Ir].[c-]1ccccc1-c1nccc2ccccc12.[c-]1ccccc1-c1nccc2ccccc12. The standard InChI is InChI=1S/2C15H10N.C5H12O2.Ir/c2*1-2-7-13(8-3-1)15-14-9-5-4-6-12(14)10-11-16-15;1-4(6)3-5(2)7;/h2*1-7,9-11H;4-7H,3H2,1-2H3;/q2*-1;;. The third-order valence-corrected chi connectivity index (χ3v) is 5.96. The summed E-state index contributed by atoms with van der Waals surface area (Å²) in [6.45, 7) is 3.32. The van der Waals surface area contributed by atoms with Crippen molar-refractivity contribution in [2.24, 2.45) is 0 Å². The van der Waals surface area contributed by atoms with E-state index in [2.05, 4.69) is 46.4 Å². The second kappa shape index (κ2) is 15.8. The minimum absolute atomic E-state index is 0. The Labute approximate surface area is 249 Å². The van der Waals surface area contributed by atoms with Crippen LogP contribution in [0, 0.1) is 12.1 Å². The van der Waals surface area contributed by atoms with Crippen LogP contribution in [0.5, 0.6) is 0 Å². The Hall–Kier alpha value is -3.73. The number of rotatable bonds is 4. The Balaban J connectivity index is 0.000000177. The average molecular weight is 705 g/mol. The molecule has 4 nitrogen and oxygen atoms in total. The molecule has 0 bridgehead atoms. The normalized spacial score (nSPS) is 11.7. The van der Waals surface area contributed by atoms with Crippen LogP contribution < -0.4 is 0 Å². The van der Waals surface area contributed by atoms with Crippen molar-refractivity contribution in [3.05, 3.63) is 134 Å². The van der Waals surface area contributed by atoms with Crippen LogP contribution in [0.2, 0.25) is 0 Å². The second-order valence-electron chi connectivity index (χ2n) is 9.25. The van der Waals surface area contributed by atoms with E-state index in [0.717, 1.165) is 22.5 Å². The molecule has 0 spiro atoms. The summed E-state index contributed by atoms with van der Waals surface area (Å²) in [6, 6.07) is 42.9. The first-order valence-electron chi connectivity index (χ1n) is 13.0. The molecule has 2 heterocycles. The number of fused-ring (bicyclic) bond motifs is 2. The maximum Gasteiger partial charge on any atom is 0.0536 e. The Bertz CT molecular complexity index is 1460. The molecule has 6 rings (SSSR count). The summed E-state index contributed by atoms with van der Waals surface area (Å²) in [5.41, 5.74) is 4.08. The maximum absolute atomic E-state index is 8.56. The topological polar surface area (TPSA) is 66.2 Å². The van der Waals surface area contributed by atoms with E-state index < -0.39 is 0 Å². The molecule has 0 aliphatic rings. The van der Waals surface area contributed by atoms with Crippen LogP contribution in [0.25, 0.3) is 44.1 Å². The van der Waals surface area contributed by atoms with Gasteiger partial charge in [0.15, 0.2) is 0 Å². The number of aromatic nitrogens is 2. The van der Waals surface area contributed by atoms with Crippen molar-refractivity contribution in [1.29, 1.82) is 0 Å². The Morgan fingerprint density at radius 2 is 0.975 bits per heavy atom. The molecule has 6 aromatic rings. The van der Waals surface area contributed by atoms with Crippen molar-refractivity contribution >= 4 is 21.5 Å². The molecule has 40 heavy (non-hydrogen) atoms. The van der Waals surface area contributed by atoms with Crippen LogP contribution >= 0.6 is 0 Å². The van der Waals surface area contributed by atoms with Gasteiger partial charge in [-0.25, -0.2) is 0 Å². The average Bonchev–Trinajstić information content (AvgIpc) is 2.97. The second-order valence-corrected chi connectivity index (χ2v) is 9.25. The molecule has 4 aromatic carbocycles. The van der Waals surface area contributed by atoms with Crippen molar-refractivity contribution in [3.63, 3.8) is 0 Å². The van der Waals surface area contributed by atoms with Crippen LogP contribution in [0.15, 0.2) is 122 Å². The first-order valence-corrected chi connectivity index (χ1v) is 13.0. The molecule has 5 heteroatoms. The molecule has 0 aliphatic heterocycles. The van der Waals surface area contributed by atoms with Crippen molar-refractivity contribution in [2.75, 3.05) is 0 Å².